The molecule has 13 heavy (non-hydrogen) atoms. The molecule has 78 valence electrons. The van der Waals surface area contributed by atoms with Crippen LogP contribution in [0.25, 0.3) is 0 Å². The van der Waals surface area contributed by atoms with Crippen molar-refractivity contribution in [3.63, 3.8) is 0 Å². The first-order valence-corrected chi connectivity index (χ1v) is 5.17. The van der Waals surface area contributed by atoms with Crippen LogP contribution in [0.2, 0.25) is 0 Å². The minimum Gasteiger partial charge on any atom is -0.446 e. The fourth-order valence-electron chi connectivity index (χ4n) is 0.690. The number of aromatic nitrogens is 1. The van der Waals surface area contributed by atoms with E-state index < -0.39 is 0 Å². The Balaban J connectivity index is 0. The minimum atomic E-state index is 0.838. The van der Waals surface area contributed by atoms with Crippen LogP contribution in [0.15, 0.2) is 4.42 Å². The summed E-state index contributed by atoms with van der Waals surface area (Å²) in [4.78, 5) is 4.16. The summed E-state index contributed by atoms with van der Waals surface area (Å²) in [6.45, 7) is 13.9. The second-order valence-electron chi connectivity index (χ2n) is 2.10. The molecule has 1 rings (SSSR count). The molecule has 0 radical (unpaired) electrons. The molecule has 0 atom stereocenters. The van der Waals surface area contributed by atoms with Crippen molar-refractivity contribution in [2.75, 3.05) is 0 Å². The highest BCUT2D eigenvalue weighted by atomic mass is 16.4. The summed E-state index contributed by atoms with van der Waals surface area (Å²) in [5, 5.41) is 0. The predicted molar refractivity (Wildman–Crippen MR) is 58.1 cm³/mol. The van der Waals surface area contributed by atoms with Gasteiger partial charge in [-0.1, -0.05) is 34.6 Å². The molecule has 2 heteroatoms. The van der Waals surface area contributed by atoms with E-state index in [9.17, 15) is 0 Å². The van der Waals surface area contributed by atoms with Gasteiger partial charge >= 0.3 is 0 Å². The molecule has 1 heterocycles. The van der Waals surface area contributed by atoms with Gasteiger partial charge in [0.05, 0.1) is 5.69 Å². The zero-order valence-electron chi connectivity index (χ0n) is 10.1. The van der Waals surface area contributed by atoms with Crippen LogP contribution >= 0.6 is 0 Å². The van der Waals surface area contributed by atoms with Crippen molar-refractivity contribution in [2.24, 2.45) is 0 Å². The number of rotatable bonds is 1. The summed E-state index contributed by atoms with van der Waals surface area (Å²) in [5.41, 5.74) is 1.01. The Morgan fingerprint density at radius 1 is 1.08 bits per heavy atom. The molecule has 0 aromatic carbocycles. The SMILES string of the molecule is CC.CC.CCc1nc(C)c(C)o1. The highest BCUT2D eigenvalue weighted by Gasteiger charge is 2.00. The molecular weight excluding hydrogens is 162 g/mol. The molecule has 0 amide bonds. The fraction of sp³-hybridized carbons (Fsp3) is 0.727. The molecule has 0 saturated heterocycles. The molecule has 0 aliphatic heterocycles. The maximum atomic E-state index is 5.25. The lowest BCUT2D eigenvalue weighted by Crippen LogP contribution is -1.77. The summed E-state index contributed by atoms with van der Waals surface area (Å²) in [6, 6.07) is 0. The summed E-state index contributed by atoms with van der Waals surface area (Å²) < 4.78 is 5.25. The van der Waals surface area contributed by atoms with Gasteiger partial charge in [-0.25, -0.2) is 4.98 Å². The van der Waals surface area contributed by atoms with Gasteiger partial charge in [0.1, 0.15) is 5.76 Å². The smallest absolute Gasteiger partial charge is 0.194 e. The molecular formula is C11H23NO. The summed E-state index contributed by atoms with van der Waals surface area (Å²) >= 11 is 0. The van der Waals surface area contributed by atoms with Crippen LogP contribution in [0, 0.1) is 13.8 Å². The molecule has 0 aliphatic rings. The Morgan fingerprint density at radius 3 is 1.69 bits per heavy atom. The van der Waals surface area contributed by atoms with Gasteiger partial charge in [-0.2, -0.15) is 0 Å². The third kappa shape index (κ3) is 5.45. The van der Waals surface area contributed by atoms with Crippen LogP contribution in [0.4, 0.5) is 0 Å². The number of aryl methyl sites for hydroxylation is 3. The lowest BCUT2D eigenvalue weighted by atomic mass is 10.4. The van der Waals surface area contributed by atoms with E-state index in [0.717, 1.165) is 23.8 Å². The second-order valence-corrected chi connectivity index (χ2v) is 2.10. The van der Waals surface area contributed by atoms with E-state index in [1.54, 1.807) is 0 Å². The Hall–Kier alpha value is -0.790. The zero-order chi connectivity index (χ0) is 10.9. The third-order valence-electron chi connectivity index (χ3n) is 1.38. The monoisotopic (exact) mass is 185 g/mol. The second kappa shape index (κ2) is 9.30. The third-order valence-corrected chi connectivity index (χ3v) is 1.38. The number of nitrogens with zero attached hydrogens (tertiary/aromatic N) is 1. The van der Waals surface area contributed by atoms with E-state index in [1.165, 1.54) is 0 Å². The summed E-state index contributed by atoms with van der Waals surface area (Å²) in [6.07, 6.45) is 0.884. The average molecular weight is 185 g/mol. The van der Waals surface area contributed by atoms with Crippen LogP contribution < -0.4 is 0 Å². The standard InChI is InChI=1S/C7H11NO.2C2H6/c1-4-7-8-5(2)6(3)9-7;2*1-2/h4H2,1-3H3;2*1-2H3. The molecule has 0 bridgehead atoms. The van der Waals surface area contributed by atoms with Gasteiger partial charge < -0.3 is 4.42 Å². The van der Waals surface area contributed by atoms with Gasteiger partial charge in [-0.3, -0.25) is 0 Å². The van der Waals surface area contributed by atoms with E-state index in [-0.39, 0.29) is 0 Å². The van der Waals surface area contributed by atoms with E-state index >= 15 is 0 Å². The van der Waals surface area contributed by atoms with Crippen LogP contribution in [-0.4, -0.2) is 4.98 Å². The van der Waals surface area contributed by atoms with Crippen LogP contribution in [0.1, 0.15) is 52.0 Å². The lowest BCUT2D eigenvalue weighted by Gasteiger charge is -1.80. The fourth-order valence-corrected chi connectivity index (χ4v) is 0.690. The number of hydrogen-bond acceptors (Lipinski definition) is 2. The Bertz CT molecular complexity index is 184. The Morgan fingerprint density at radius 2 is 1.54 bits per heavy atom. The van der Waals surface area contributed by atoms with Crippen LogP contribution in [0.3, 0.4) is 0 Å². The largest absolute Gasteiger partial charge is 0.446 e. The highest BCUT2D eigenvalue weighted by Crippen LogP contribution is 2.07. The summed E-state index contributed by atoms with van der Waals surface area (Å²) in [7, 11) is 0. The molecule has 0 unspecified atom stereocenters. The first-order valence-electron chi connectivity index (χ1n) is 5.17. The van der Waals surface area contributed by atoms with Gasteiger partial charge in [-0.15, -0.1) is 0 Å². The van der Waals surface area contributed by atoms with Crippen molar-refractivity contribution in [1.29, 1.82) is 0 Å². The highest BCUT2D eigenvalue weighted by molar-refractivity contribution is 5.04. The summed E-state index contributed by atoms with van der Waals surface area (Å²) in [5.74, 6) is 1.77. The van der Waals surface area contributed by atoms with Gasteiger partial charge in [0, 0.05) is 6.42 Å². The number of hydrogen-bond donors (Lipinski definition) is 0. The Kier molecular flexibility index (Phi) is 10.5. The lowest BCUT2D eigenvalue weighted by molar-refractivity contribution is 0.476. The van der Waals surface area contributed by atoms with E-state index in [1.807, 2.05) is 48.5 Å². The molecule has 1 aromatic rings. The van der Waals surface area contributed by atoms with Crippen molar-refractivity contribution in [2.45, 2.75) is 54.9 Å². The molecule has 1 aromatic heterocycles. The van der Waals surface area contributed by atoms with Gasteiger partial charge in [0.2, 0.25) is 0 Å². The molecule has 0 N–H and O–H groups in total. The van der Waals surface area contributed by atoms with Crippen molar-refractivity contribution in [3.8, 4) is 0 Å². The maximum Gasteiger partial charge on any atom is 0.194 e. The Labute approximate surface area is 82.4 Å². The van der Waals surface area contributed by atoms with Gasteiger partial charge in [0.15, 0.2) is 5.89 Å². The van der Waals surface area contributed by atoms with Crippen molar-refractivity contribution in [3.05, 3.63) is 17.3 Å². The molecule has 0 saturated carbocycles. The van der Waals surface area contributed by atoms with E-state index in [2.05, 4.69) is 4.98 Å². The normalized spacial score (nSPS) is 7.92. The first-order chi connectivity index (χ1) is 6.24. The zero-order valence-corrected chi connectivity index (χ0v) is 10.1. The topological polar surface area (TPSA) is 26.0 Å². The molecule has 2 nitrogen and oxygen atoms in total. The van der Waals surface area contributed by atoms with Crippen molar-refractivity contribution in [1.82, 2.24) is 4.98 Å². The first kappa shape index (κ1) is 14.7. The quantitative estimate of drug-likeness (QED) is 0.663. The van der Waals surface area contributed by atoms with Crippen LogP contribution in [-0.2, 0) is 6.42 Å². The maximum absolute atomic E-state index is 5.25. The van der Waals surface area contributed by atoms with Crippen molar-refractivity contribution >= 4 is 0 Å². The van der Waals surface area contributed by atoms with Gasteiger partial charge in [0.25, 0.3) is 0 Å². The number of oxazole rings is 1. The average Bonchev–Trinajstić information content (AvgIpc) is 2.53. The van der Waals surface area contributed by atoms with E-state index in [0.29, 0.717) is 0 Å². The molecule has 0 fully saturated rings. The van der Waals surface area contributed by atoms with Crippen LogP contribution in [0.5, 0.6) is 0 Å². The van der Waals surface area contributed by atoms with E-state index in [4.69, 9.17) is 4.42 Å². The molecule has 0 spiro atoms. The minimum absolute atomic E-state index is 0.838. The van der Waals surface area contributed by atoms with Gasteiger partial charge in [-0.05, 0) is 13.8 Å². The van der Waals surface area contributed by atoms with Crippen molar-refractivity contribution < 1.29 is 4.42 Å². The molecule has 0 aliphatic carbocycles. The predicted octanol–water partition coefficient (Wildman–Crippen LogP) is 3.91.